The Morgan fingerprint density at radius 1 is 1.00 bits per heavy atom. The summed E-state index contributed by atoms with van der Waals surface area (Å²) in [5, 5.41) is 16.6. The Hall–Kier alpha value is -4.90. The summed E-state index contributed by atoms with van der Waals surface area (Å²) in [4.78, 5) is 26.2. The van der Waals surface area contributed by atoms with E-state index in [0.29, 0.717) is 28.8 Å². The second-order valence-corrected chi connectivity index (χ2v) is 10.1. The number of methoxy groups -OCH3 is 1. The van der Waals surface area contributed by atoms with E-state index in [-0.39, 0.29) is 22.9 Å². The molecule has 1 amide bonds. The average molecular weight is 568 g/mol. The Kier molecular flexibility index (Phi) is 8.44. The van der Waals surface area contributed by atoms with Crippen LogP contribution < -0.4 is 15.6 Å². The Labute approximate surface area is 241 Å². The lowest BCUT2D eigenvalue weighted by Gasteiger charge is -2.07. The molecule has 41 heavy (non-hydrogen) atoms. The molecule has 0 atom stereocenters. The Morgan fingerprint density at radius 3 is 2.37 bits per heavy atom. The van der Waals surface area contributed by atoms with Gasteiger partial charge in [0, 0.05) is 13.5 Å². The van der Waals surface area contributed by atoms with Crippen LogP contribution in [-0.2, 0) is 18.3 Å². The van der Waals surface area contributed by atoms with Gasteiger partial charge in [-0.2, -0.15) is 9.78 Å². The zero-order valence-electron chi connectivity index (χ0n) is 22.9. The van der Waals surface area contributed by atoms with E-state index in [2.05, 4.69) is 20.6 Å². The predicted molar refractivity (Wildman–Crippen MR) is 160 cm³/mol. The summed E-state index contributed by atoms with van der Waals surface area (Å²) in [6, 6.07) is 26.7. The number of anilines is 1. The van der Waals surface area contributed by atoms with Gasteiger partial charge in [0.2, 0.25) is 11.1 Å². The van der Waals surface area contributed by atoms with Crippen LogP contribution in [0, 0.1) is 6.92 Å². The van der Waals surface area contributed by atoms with Crippen molar-refractivity contribution in [3.05, 3.63) is 118 Å². The van der Waals surface area contributed by atoms with Crippen molar-refractivity contribution < 1.29 is 9.53 Å². The summed E-state index contributed by atoms with van der Waals surface area (Å²) in [5.41, 5.74) is 3.23. The fourth-order valence-electron chi connectivity index (χ4n) is 4.22. The molecule has 208 valence electrons. The first kappa shape index (κ1) is 27.7. The molecular formula is C30H29N7O3S. The quantitative estimate of drug-likeness (QED) is 0.199. The SMILES string of the molecule is COc1ccc(C=Nn2c(Cc3ccccc3)nnc2SCC(=O)Nc2c(C)n(C)n(-c3ccccc3)c2=O)cc1. The van der Waals surface area contributed by atoms with E-state index in [9.17, 15) is 9.59 Å². The molecule has 0 fully saturated rings. The summed E-state index contributed by atoms with van der Waals surface area (Å²) in [5.74, 6) is 1.07. The molecule has 10 nitrogen and oxygen atoms in total. The minimum atomic E-state index is -0.334. The third-order valence-electron chi connectivity index (χ3n) is 6.47. The molecule has 0 radical (unpaired) electrons. The van der Waals surface area contributed by atoms with Gasteiger partial charge in [-0.25, -0.2) is 4.68 Å². The van der Waals surface area contributed by atoms with Crippen molar-refractivity contribution in [2.24, 2.45) is 12.1 Å². The molecule has 0 saturated heterocycles. The number of thioether (sulfide) groups is 1. The topological polar surface area (TPSA) is 108 Å². The highest BCUT2D eigenvalue weighted by Gasteiger charge is 2.19. The number of nitrogens with zero attached hydrogens (tertiary/aromatic N) is 6. The predicted octanol–water partition coefficient (Wildman–Crippen LogP) is 4.29. The van der Waals surface area contributed by atoms with Gasteiger partial charge in [-0.3, -0.25) is 14.3 Å². The number of hydrogen-bond acceptors (Lipinski definition) is 7. The molecule has 3 aromatic carbocycles. The molecule has 0 spiro atoms. The van der Waals surface area contributed by atoms with Crippen molar-refractivity contribution in [1.82, 2.24) is 24.2 Å². The van der Waals surface area contributed by atoms with E-state index in [1.807, 2.05) is 84.9 Å². The number of rotatable bonds is 10. The fraction of sp³-hybridized carbons (Fsp3) is 0.167. The van der Waals surface area contributed by atoms with Crippen LogP contribution in [0.2, 0.25) is 0 Å². The number of ether oxygens (including phenoxy) is 1. The smallest absolute Gasteiger partial charge is 0.295 e. The van der Waals surface area contributed by atoms with Crippen LogP contribution in [0.4, 0.5) is 5.69 Å². The van der Waals surface area contributed by atoms with Crippen molar-refractivity contribution in [3.8, 4) is 11.4 Å². The Bertz CT molecular complexity index is 1720. The summed E-state index contributed by atoms with van der Waals surface area (Å²) >= 11 is 1.19. The molecule has 0 bridgehead atoms. The number of hydrogen-bond donors (Lipinski definition) is 1. The molecule has 1 N–H and O–H groups in total. The third kappa shape index (κ3) is 6.30. The van der Waals surface area contributed by atoms with Gasteiger partial charge in [0.05, 0.1) is 30.5 Å². The zero-order chi connectivity index (χ0) is 28.8. The Morgan fingerprint density at radius 2 is 1.68 bits per heavy atom. The second-order valence-electron chi connectivity index (χ2n) is 9.16. The molecule has 0 aliphatic rings. The van der Waals surface area contributed by atoms with E-state index < -0.39 is 0 Å². The van der Waals surface area contributed by atoms with Crippen molar-refractivity contribution >= 4 is 29.6 Å². The van der Waals surface area contributed by atoms with Gasteiger partial charge < -0.3 is 10.1 Å². The van der Waals surface area contributed by atoms with Crippen LogP contribution >= 0.6 is 11.8 Å². The maximum absolute atomic E-state index is 13.2. The first-order chi connectivity index (χ1) is 19.9. The fourth-order valence-corrected chi connectivity index (χ4v) is 4.93. The van der Waals surface area contributed by atoms with Gasteiger partial charge in [-0.05, 0) is 54.4 Å². The number of nitrogens with one attached hydrogen (secondary N) is 1. The molecule has 0 aliphatic heterocycles. The lowest BCUT2D eigenvalue weighted by atomic mass is 10.1. The van der Waals surface area contributed by atoms with Gasteiger partial charge in [0.1, 0.15) is 11.4 Å². The molecule has 0 saturated carbocycles. The first-order valence-electron chi connectivity index (χ1n) is 12.9. The summed E-state index contributed by atoms with van der Waals surface area (Å²) in [7, 11) is 3.40. The van der Waals surface area contributed by atoms with Crippen molar-refractivity contribution in [2.75, 3.05) is 18.2 Å². The Balaban J connectivity index is 1.35. The number of carbonyl (C=O) groups is 1. The standard InChI is InChI=1S/C30H29N7O3S/c1-21-28(29(39)37(35(21)2)24-12-8-5-9-13-24)32-27(38)20-41-30-34-33-26(18-22-10-6-4-7-11-22)36(30)31-19-23-14-16-25(40-3)17-15-23/h4-17,19H,18,20H2,1-3H3,(H,32,38). The number of para-hydroxylation sites is 1. The van der Waals surface area contributed by atoms with Crippen LogP contribution in [0.15, 0.2) is 100.0 Å². The van der Waals surface area contributed by atoms with Crippen LogP contribution in [0.25, 0.3) is 5.69 Å². The molecule has 2 heterocycles. The highest BCUT2D eigenvalue weighted by molar-refractivity contribution is 7.99. The minimum Gasteiger partial charge on any atom is -0.497 e. The zero-order valence-corrected chi connectivity index (χ0v) is 23.7. The van der Waals surface area contributed by atoms with Crippen LogP contribution in [-0.4, -0.2) is 49.2 Å². The number of amides is 1. The lowest BCUT2D eigenvalue weighted by Crippen LogP contribution is -2.23. The summed E-state index contributed by atoms with van der Waals surface area (Å²) < 4.78 is 10.1. The van der Waals surface area contributed by atoms with Crippen LogP contribution in [0.3, 0.4) is 0 Å². The van der Waals surface area contributed by atoms with Gasteiger partial charge in [0.25, 0.3) is 5.56 Å². The molecule has 11 heteroatoms. The number of aromatic nitrogens is 5. The second kappa shape index (κ2) is 12.5. The van der Waals surface area contributed by atoms with Crippen LogP contribution in [0.5, 0.6) is 5.75 Å². The van der Waals surface area contributed by atoms with E-state index in [4.69, 9.17) is 4.74 Å². The molecule has 2 aromatic heterocycles. The van der Waals surface area contributed by atoms with Gasteiger partial charge >= 0.3 is 0 Å². The highest BCUT2D eigenvalue weighted by atomic mass is 32.2. The minimum absolute atomic E-state index is 0.0145. The monoisotopic (exact) mass is 567 g/mol. The molecule has 0 unspecified atom stereocenters. The van der Waals surface area contributed by atoms with E-state index in [1.165, 1.54) is 16.4 Å². The van der Waals surface area contributed by atoms with Crippen molar-refractivity contribution in [1.29, 1.82) is 0 Å². The van der Waals surface area contributed by atoms with E-state index in [1.54, 1.807) is 36.7 Å². The number of benzene rings is 3. The maximum Gasteiger partial charge on any atom is 0.295 e. The van der Waals surface area contributed by atoms with Crippen molar-refractivity contribution in [3.63, 3.8) is 0 Å². The molecule has 5 aromatic rings. The van der Waals surface area contributed by atoms with Crippen molar-refractivity contribution in [2.45, 2.75) is 18.5 Å². The normalized spacial score (nSPS) is 11.2. The maximum atomic E-state index is 13.2. The molecule has 5 rings (SSSR count). The van der Waals surface area contributed by atoms with Gasteiger partial charge in [0.15, 0.2) is 5.82 Å². The lowest BCUT2D eigenvalue weighted by molar-refractivity contribution is -0.113. The van der Waals surface area contributed by atoms with E-state index >= 15 is 0 Å². The summed E-state index contributed by atoms with van der Waals surface area (Å²) in [6.07, 6.45) is 2.23. The molecule has 0 aliphatic carbocycles. The average Bonchev–Trinajstić information content (AvgIpc) is 3.48. The largest absolute Gasteiger partial charge is 0.497 e. The first-order valence-corrected chi connectivity index (χ1v) is 13.9. The van der Waals surface area contributed by atoms with E-state index in [0.717, 1.165) is 16.9 Å². The van der Waals surface area contributed by atoms with Gasteiger partial charge in [-0.15, -0.1) is 10.2 Å². The summed E-state index contributed by atoms with van der Waals surface area (Å²) in [6.45, 7) is 1.80. The van der Waals surface area contributed by atoms with Gasteiger partial charge in [-0.1, -0.05) is 60.3 Å². The molecular weight excluding hydrogens is 538 g/mol. The third-order valence-corrected chi connectivity index (χ3v) is 7.39. The highest BCUT2D eigenvalue weighted by Crippen LogP contribution is 2.21. The number of carbonyl (C=O) groups excluding carboxylic acids is 1. The van der Waals surface area contributed by atoms with Crippen LogP contribution in [0.1, 0.15) is 22.6 Å².